The maximum Gasteiger partial charge on any atom is 0.163 e. The minimum atomic E-state index is 0.588. The van der Waals surface area contributed by atoms with E-state index in [1.165, 1.54) is 12.8 Å². The molecule has 0 bridgehead atoms. The number of allylic oxidation sites excluding steroid dienone is 2. The molecule has 1 aromatic carbocycles. The first-order valence-corrected chi connectivity index (χ1v) is 7.19. The molecule has 3 rings (SSSR count). The van der Waals surface area contributed by atoms with Crippen LogP contribution in [0.25, 0.3) is 0 Å². The van der Waals surface area contributed by atoms with Crippen molar-refractivity contribution in [3.05, 3.63) is 29.3 Å². The molecule has 3 nitrogen and oxygen atoms in total. The SMILES string of the molecule is Clc1cc2c(cc1NCC1CC=CCC1)OCCO2. The van der Waals surface area contributed by atoms with Crippen molar-refractivity contribution in [2.75, 3.05) is 25.1 Å². The summed E-state index contributed by atoms with van der Waals surface area (Å²) in [6.07, 6.45) is 8.09. The Bertz CT molecular complexity index is 487. The lowest BCUT2D eigenvalue weighted by molar-refractivity contribution is 0.171. The summed E-state index contributed by atoms with van der Waals surface area (Å²) in [6, 6.07) is 3.77. The summed E-state index contributed by atoms with van der Waals surface area (Å²) >= 11 is 6.27. The Labute approximate surface area is 118 Å². The zero-order chi connectivity index (χ0) is 13.1. The van der Waals surface area contributed by atoms with E-state index < -0.39 is 0 Å². The number of rotatable bonds is 3. The first-order valence-electron chi connectivity index (χ1n) is 6.81. The molecule has 0 spiro atoms. The second-order valence-electron chi connectivity index (χ2n) is 5.01. The van der Waals surface area contributed by atoms with Gasteiger partial charge in [-0.15, -0.1) is 0 Å². The monoisotopic (exact) mass is 279 g/mol. The number of anilines is 1. The van der Waals surface area contributed by atoms with Crippen molar-refractivity contribution in [2.24, 2.45) is 5.92 Å². The summed E-state index contributed by atoms with van der Waals surface area (Å²) in [4.78, 5) is 0. The first kappa shape index (κ1) is 12.7. The summed E-state index contributed by atoms with van der Waals surface area (Å²) in [5, 5.41) is 4.12. The predicted octanol–water partition coefficient (Wildman–Crippen LogP) is 3.88. The van der Waals surface area contributed by atoms with E-state index >= 15 is 0 Å². The average Bonchev–Trinajstić information content (AvgIpc) is 2.46. The van der Waals surface area contributed by atoms with E-state index in [-0.39, 0.29) is 0 Å². The van der Waals surface area contributed by atoms with Crippen LogP contribution in [0.15, 0.2) is 24.3 Å². The van der Waals surface area contributed by atoms with Gasteiger partial charge in [-0.2, -0.15) is 0 Å². The van der Waals surface area contributed by atoms with Crippen LogP contribution < -0.4 is 14.8 Å². The lowest BCUT2D eigenvalue weighted by atomic mass is 9.94. The standard InChI is InChI=1S/C15H18ClNO2/c16-12-8-14-15(19-7-6-18-14)9-13(12)17-10-11-4-2-1-3-5-11/h1-2,8-9,11,17H,3-7,10H2. The number of halogens is 1. The van der Waals surface area contributed by atoms with Gasteiger partial charge in [0.1, 0.15) is 13.2 Å². The molecule has 2 aliphatic rings. The normalized spacial score (nSPS) is 21.2. The van der Waals surface area contributed by atoms with Crippen LogP contribution in [0.2, 0.25) is 5.02 Å². The fraction of sp³-hybridized carbons (Fsp3) is 0.467. The number of hydrogen-bond donors (Lipinski definition) is 1. The molecular formula is C15H18ClNO2. The minimum absolute atomic E-state index is 0.588. The van der Waals surface area contributed by atoms with Crippen LogP contribution in [0.4, 0.5) is 5.69 Å². The van der Waals surface area contributed by atoms with Gasteiger partial charge < -0.3 is 14.8 Å². The lowest BCUT2D eigenvalue weighted by Crippen LogP contribution is -2.17. The molecule has 0 fully saturated rings. The molecule has 1 heterocycles. The van der Waals surface area contributed by atoms with Crippen molar-refractivity contribution in [3.63, 3.8) is 0 Å². The van der Waals surface area contributed by atoms with Crippen LogP contribution in [0, 0.1) is 5.92 Å². The molecule has 1 N–H and O–H groups in total. The summed E-state index contributed by atoms with van der Waals surface area (Å²) < 4.78 is 11.1. The Morgan fingerprint density at radius 3 is 2.68 bits per heavy atom. The van der Waals surface area contributed by atoms with Crippen LogP contribution in [0.1, 0.15) is 19.3 Å². The fourth-order valence-corrected chi connectivity index (χ4v) is 2.72. The van der Waals surface area contributed by atoms with Crippen molar-refractivity contribution in [1.29, 1.82) is 0 Å². The van der Waals surface area contributed by atoms with Gasteiger partial charge in [-0.3, -0.25) is 0 Å². The van der Waals surface area contributed by atoms with Gasteiger partial charge in [-0.25, -0.2) is 0 Å². The molecule has 1 aromatic rings. The zero-order valence-corrected chi connectivity index (χ0v) is 11.6. The van der Waals surface area contributed by atoms with E-state index in [1.54, 1.807) is 0 Å². The molecule has 1 aliphatic heterocycles. The lowest BCUT2D eigenvalue weighted by Gasteiger charge is -2.22. The van der Waals surface area contributed by atoms with Crippen LogP contribution in [-0.4, -0.2) is 19.8 Å². The zero-order valence-electron chi connectivity index (χ0n) is 10.8. The topological polar surface area (TPSA) is 30.5 Å². The number of hydrogen-bond acceptors (Lipinski definition) is 3. The molecule has 1 atom stereocenters. The fourth-order valence-electron chi connectivity index (χ4n) is 2.50. The van der Waals surface area contributed by atoms with Crippen molar-refractivity contribution in [2.45, 2.75) is 19.3 Å². The third-order valence-corrected chi connectivity index (χ3v) is 3.90. The van der Waals surface area contributed by atoms with E-state index in [1.807, 2.05) is 12.1 Å². The van der Waals surface area contributed by atoms with E-state index in [2.05, 4.69) is 17.5 Å². The van der Waals surface area contributed by atoms with Crippen LogP contribution in [0.5, 0.6) is 11.5 Å². The van der Waals surface area contributed by atoms with E-state index in [0.717, 1.165) is 30.2 Å². The highest BCUT2D eigenvalue weighted by Crippen LogP contribution is 2.38. The van der Waals surface area contributed by atoms with Gasteiger partial charge in [0.25, 0.3) is 0 Å². The highest BCUT2D eigenvalue weighted by atomic mass is 35.5. The number of nitrogens with one attached hydrogen (secondary N) is 1. The van der Waals surface area contributed by atoms with E-state index in [0.29, 0.717) is 24.2 Å². The Hall–Kier alpha value is -1.35. The number of fused-ring (bicyclic) bond motifs is 1. The molecule has 102 valence electrons. The Morgan fingerprint density at radius 2 is 1.95 bits per heavy atom. The molecule has 0 aromatic heterocycles. The van der Waals surface area contributed by atoms with Crippen molar-refractivity contribution >= 4 is 17.3 Å². The van der Waals surface area contributed by atoms with Gasteiger partial charge in [0, 0.05) is 18.7 Å². The van der Waals surface area contributed by atoms with E-state index in [4.69, 9.17) is 21.1 Å². The molecular weight excluding hydrogens is 262 g/mol. The van der Waals surface area contributed by atoms with Crippen LogP contribution in [-0.2, 0) is 0 Å². The highest BCUT2D eigenvalue weighted by molar-refractivity contribution is 6.33. The molecule has 0 saturated heterocycles. The molecule has 1 aliphatic carbocycles. The van der Waals surface area contributed by atoms with E-state index in [9.17, 15) is 0 Å². The van der Waals surface area contributed by atoms with Crippen molar-refractivity contribution < 1.29 is 9.47 Å². The Balaban J connectivity index is 1.68. The van der Waals surface area contributed by atoms with Gasteiger partial charge in [0.15, 0.2) is 11.5 Å². The quantitative estimate of drug-likeness (QED) is 0.852. The van der Waals surface area contributed by atoms with Crippen molar-refractivity contribution in [3.8, 4) is 11.5 Å². The predicted molar refractivity (Wildman–Crippen MR) is 77.4 cm³/mol. The maximum absolute atomic E-state index is 6.27. The third kappa shape index (κ3) is 2.98. The maximum atomic E-state index is 6.27. The highest BCUT2D eigenvalue weighted by Gasteiger charge is 2.16. The Kier molecular flexibility index (Phi) is 3.83. The molecule has 0 radical (unpaired) electrons. The van der Waals surface area contributed by atoms with Crippen molar-refractivity contribution in [1.82, 2.24) is 0 Å². The summed E-state index contributed by atoms with van der Waals surface area (Å²) in [7, 11) is 0. The summed E-state index contributed by atoms with van der Waals surface area (Å²) in [5.74, 6) is 2.21. The van der Waals surface area contributed by atoms with Crippen LogP contribution >= 0.6 is 11.6 Å². The van der Waals surface area contributed by atoms with Gasteiger partial charge in [-0.05, 0) is 25.2 Å². The largest absolute Gasteiger partial charge is 0.486 e. The number of ether oxygens (including phenoxy) is 2. The smallest absolute Gasteiger partial charge is 0.163 e. The average molecular weight is 280 g/mol. The second kappa shape index (κ2) is 5.74. The van der Waals surface area contributed by atoms with Gasteiger partial charge >= 0.3 is 0 Å². The first-order chi connectivity index (χ1) is 9.33. The Morgan fingerprint density at radius 1 is 1.16 bits per heavy atom. The third-order valence-electron chi connectivity index (χ3n) is 3.59. The van der Waals surface area contributed by atoms with Gasteiger partial charge in [0.2, 0.25) is 0 Å². The van der Waals surface area contributed by atoms with Gasteiger partial charge in [0.05, 0.1) is 10.7 Å². The molecule has 4 heteroatoms. The molecule has 19 heavy (non-hydrogen) atoms. The minimum Gasteiger partial charge on any atom is -0.486 e. The van der Waals surface area contributed by atoms with Crippen LogP contribution in [0.3, 0.4) is 0 Å². The van der Waals surface area contributed by atoms with Gasteiger partial charge in [-0.1, -0.05) is 23.8 Å². The number of benzene rings is 1. The molecule has 0 amide bonds. The second-order valence-corrected chi connectivity index (χ2v) is 5.41. The molecule has 0 saturated carbocycles. The summed E-state index contributed by atoms with van der Waals surface area (Å²) in [6.45, 7) is 2.13. The molecule has 1 unspecified atom stereocenters. The summed E-state index contributed by atoms with van der Waals surface area (Å²) in [5.41, 5.74) is 0.931.